The van der Waals surface area contributed by atoms with Crippen molar-refractivity contribution in [2.75, 3.05) is 11.4 Å². The Morgan fingerprint density at radius 2 is 2.29 bits per heavy atom. The minimum Gasteiger partial charge on any atom is -0.338 e. The molecule has 4 heteroatoms. The van der Waals surface area contributed by atoms with Crippen LogP contribution >= 0.6 is 0 Å². The van der Waals surface area contributed by atoms with E-state index >= 15 is 0 Å². The van der Waals surface area contributed by atoms with E-state index in [1.54, 1.807) is 12.3 Å². The van der Waals surface area contributed by atoms with Gasteiger partial charge in [0.2, 0.25) is 5.95 Å². The number of nitrogens with zero attached hydrogens (tertiary/aromatic N) is 4. The molecular weight excluding hydrogens is 212 g/mol. The number of rotatable bonds is 5. The fourth-order valence-corrected chi connectivity index (χ4v) is 1.78. The number of hydrogen-bond acceptors (Lipinski definition) is 4. The van der Waals surface area contributed by atoms with Gasteiger partial charge in [-0.05, 0) is 31.2 Å². The molecule has 1 heterocycles. The fraction of sp³-hybridized carbons (Fsp3) is 0.615. The molecule has 2 rings (SSSR count). The van der Waals surface area contributed by atoms with Crippen molar-refractivity contribution in [2.24, 2.45) is 5.92 Å². The lowest BCUT2D eigenvalue weighted by Gasteiger charge is -2.23. The molecule has 1 aromatic rings. The summed E-state index contributed by atoms with van der Waals surface area (Å²) >= 11 is 0. The second kappa shape index (κ2) is 5.13. The lowest BCUT2D eigenvalue weighted by molar-refractivity contribution is 0.565. The van der Waals surface area contributed by atoms with Crippen molar-refractivity contribution in [1.82, 2.24) is 9.97 Å². The third-order valence-corrected chi connectivity index (χ3v) is 2.95. The maximum Gasteiger partial charge on any atom is 0.226 e. The first-order valence-electron chi connectivity index (χ1n) is 6.20. The summed E-state index contributed by atoms with van der Waals surface area (Å²) < 4.78 is 0. The van der Waals surface area contributed by atoms with E-state index in [4.69, 9.17) is 5.26 Å². The molecule has 0 aromatic carbocycles. The highest BCUT2D eigenvalue weighted by molar-refractivity contribution is 5.36. The summed E-state index contributed by atoms with van der Waals surface area (Å²) in [6, 6.07) is 4.30. The summed E-state index contributed by atoms with van der Waals surface area (Å²) in [5, 5.41) is 8.86. The lowest BCUT2D eigenvalue weighted by Crippen LogP contribution is -2.29. The van der Waals surface area contributed by atoms with E-state index in [1.807, 2.05) is 0 Å². The van der Waals surface area contributed by atoms with E-state index in [1.165, 1.54) is 12.8 Å². The second-order valence-corrected chi connectivity index (χ2v) is 4.96. The Labute approximate surface area is 102 Å². The molecule has 1 aliphatic carbocycles. The topological polar surface area (TPSA) is 52.8 Å². The minimum absolute atomic E-state index is 0.449. The molecule has 0 amide bonds. The Kier molecular flexibility index (Phi) is 3.58. The van der Waals surface area contributed by atoms with Crippen molar-refractivity contribution in [3.05, 3.63) is 18.0 Å². The third-order valence-electron chi connectivity index (χ3n) is 2.95. The first kappa shape index (κ1) is 11.8. The molecule has 17 heavy (non-hydrogen) atoms. The van der Waals surface area contributed by atoms with Gasteiger partial charge in [-0.2, -0.15) is 5.26 Å². The van der Waals surface area contributed by atoms with Crippen molar-refractivity contribution in [3.8, 4) is 6.07 Å². The molecule has 0 N–H and O–H groups in total. The van der Waals surface area contributed by atoms with E-state index < -0.39 is 0 Å². The molecule has 4 nitrogen and oxygen atoms in total. The van der Waals surface area contributed by atoms with Gasteiger partial charge in [-0.25, -0.2) is 9.97 Å². The summed E-state index contributed by atoms with van der Waals surface area (Å²) in [6.07, 6.45) is 5.25. The predicted octanol–water partition coefficient (Wildman–Crippen LogP) is 2.36. The molecule has 0 bridgehead atoms. The molecule has 1 aliphatic rings. The predicted molar refractivity (Wildman–Crippen MR) is 66.6 cm³/mol. The first-order chi connectivity index (χ1) is 8.20. The van der Waals surface area contributed by atoms with Crippen LogP contribution in [0.2, 0.25) is 0 Å². The lowest BCUT2D eigenvalue weighted by atomic mass is 10.1. The van der Waals surface area contributed by atoms with Crippen LogP contribution in [0.15, 0.2) is 12.3 Å². The summed E-state index contributed by atoms with van der Waals surface area (Å²) in [5.41, 5.74) is 0.449. The highest BCUT2D eigenvalue weighted by Gasteiger charge is 2.30. The van der Waals surface area contributed by atoms with E-state index in [2.05, 4.69) is 34.8 Å². The van der Waals surface area contributed by atoms with Crippen molar-refractivity contribution >= 4 is 5.95 Å². The third kappa shape index (κ3) is 3.16. The minimum atomic E-state index is 0.449. The Morgan fingerprint density at radius 3 is 2.88 bits per heavy atom. The van der Waals surface area contributed by atoms with Crippen molar-refractivity contribution in [2.45, 2.75) is 39.2 Å². The van der Waals surface area contributed by atoms with Crippen molar-refractivity contribution < 1.29 is 0 Å². The van der Waals surface area contributed by atoms with Gasteiger partial charge in [0, 0.05) is 18.8 Å². The van der Waals surface area contributed by atoms with Crippen LogP contribution in [0.25, 0.3) is 0 Å². The number of anilines is 1. The van der Waals surface area contributed by atoms with Crippen LogP contribution in [0.4, 0.5) is 5.95 Å². The molecule has 1 aromatic heterocycles. The number of aromatic nitrogens is 2. The molecule has 0 spiro atoms. The maximum absolute atomic E-state index is 8.86. The van der Waals surface area contributed by atoms with Gasteiger partial charge < -0.3 is 4.90 Å². The van der Waals surface area contributed by atoms with Crippen molar-refractivity contribution in [1.29, 1.82) is 5.26 Å². The van der Waals surface area contributed by atoms with Crippen LogP contribution in [0.3, 0.4) is 0 Å². The molecule has 0 unspecified atom stereocenters. The number of hydrogen-bond donors (Lipinski definition) is 0. The van der Waals surface area contributed by atoms with Gasteiger partial charge in [0.1, 0.15) is 11.8 Å². The molecule has 1 fully saturated rings. The summed E-state index contributed by atoms with van der Waals surface area (Å²) in [6.45, 7) is 5.42. The molecule has 1 saturated carbocycles. The average molecular weight is 230 g/mol. The quantitative estimate of drug-likeness (QED) is 0.779. The zero-order chi connectivity index (χ0) is 12.3. The van der Waals surface area contributed by atoms with Crippen LogP contribution in [0.1, 0.15) is 38.8 Å². The van der Waals surface area contributed by atoms with Crippen molar-refractivity contribution in [3.63, 3.8) is 0 Å². The van der Waals surface area contributed by atoms with Crippen LogP contribution in [-0.4, -0.2) is 22.6 Å². The fourth-order valence-electron chi connectivity index (χ4n) is 1.78. The van der Waals surface area contributed by atoms with Gasteiger partial charge in [-0.3, -0.25) is 0 Å². The SMILES string of the molecule is CC(C)CCN(c1nccc(C#N)n1)C1CC1. The number of nitriles is 1. The molecule has 0 radical (unpaired) electrons. The monoisotopic (exact) mass is 230 g/mol. The average Bonchev–Trinajstić information content (AvgIpc) is 3.14. The Hall–Kier alpha value is -1.63. The maximum atomic E-state index is 8.86. The zero-order valence-electron chi connectivity index (χ0n) is 10.4. The van der Waals surface area contributed by atoms with Gasteiger partial charge in [0.15, 0.2) is 0 Å². The summed E-state index contributed by atoms with van der Waals surface area (Å²) in [4.78, 5) is 10.8. The van der Waals surface area contributed by atoms with Crippen LogP contribution < -0.4 is 4.90 Å². The highest BCUT2D eigenvalue weighted by atomic mass is 15.3. The van der Waals surface area contributed by atoms with E-state index in [-0.39, 0.29) is 0 Å². The van der Waals surface area contributed by atoms with Crippen LogP contribution in [-0.2, 0) is 0 Å². The smallest absolute Gasteiger partial charge is 0.226 e. The summed E-state index contributed by atoms with van der Waals surface area (Å²) in [7, 11) is 0. The molecule has 90 valence electrons. The van der Waals surface area contributed by atoms with Crippen LogP contribution in [0, 0.1) is 17.2 Å². The Morgan fingerprint density at radius 1 is 1.53 bits per heavy atom. The summed E-state index contributed by atoms with van der Waals surface area (Å²) in [5.74, 6) is 1.39. The van der Waals surface area contributed by atoms with E-state index in [0.29, 0.717) is 23.6 Å². The second-order valence-electron chi connectivity index (χ2n) is 4.96. The Balaban J connectivity index is 2.11. The van der Waals surface area contributed by atoms with E-state index in [0.717, 1.165) is 13.0 Å². The van der Waals surface area contributed by atoms with Gasteiger partial charge in [-0.1, -0.05) is 13.8 Å². The van der Waals surface area contributed by atoms with Gasteiger partial charge in [0.25, 0.3) is 0 Å². The Bertz CT molecular complexity index is 418. The van der Waals surface area contributed by atoms with Gasteiger partial charge in [-0.15, -0.1) is 0 Å². The van der Waals surface area contributed by atoms with Gasteiger partial charge in [0.05, 0.1) is 0 Å². The highest BCUT2D eigenvalue weighted by Crippen LogP contribution is 2.30. The van der Waals surface area contributed by atoms with E-state index in [9.17, 15) is 0 Å². The molecular formula is C13H18N4. The molecule has 0 aliphatic heterocycles. The molecule has 0 saturated heterocycles. The normalized spacial score (nSPS) is 14.7. The molecule has 0 atom stereocenters. The standard InChI is InChI=1S/C13H18N4/c1-10(2)6-8-17(12-3-4-12)13-15-7-5-11(9-14)16-13/h5,7,10,12H,3-4,6,8H2,1-2H3. The van der Waals surface area contributed by atoms with Gasteiger partial charge >= 0.3 is 0 Å². The van der Waals surface area contributed by atoms with Crippen LogP contribution in [0.5, 0.6) is 0 Å². The largest absolute Gasteiger partial charge is 0.338 e. The zero-order valence-corrected chi connectivity index (χ0v) is 10.4. The first-order valence-corrected chi connectivity index (χ1v) is 6.20.